The second kappa shape index (κ2) is 8.06. The van der Waals surface area contributed by atoms with Crippen molar-refractivity contribution >= 4 is 30.1 Å². The molecule has 1 saturated carbocycles. The highest BCUT2D eigenvalue weighted by Crippen LogP contribution is 2.32. The molecule has 3 rings (SSSR count). The van der Waals surface area contributed by atoms with Crippen LogP contribution in [0.4, 0.5) is 0 Å². The Morgan fingerprint density at radius 3 is 2.48 bits per heavy atom. The molecule has 1 unspecified atom stereocenters. The first kappa shape index (κ1) is 16.7. The van der Waals surface area contributed by atoms with Gasteiger partial charge in [-0.1, -0.05) is 30.3 Å². The van der Waals surface area contributed by atoms with Crippen LogP contribution in [0.1, 0.15) is 37.2 Å². The molecule has 0 radical (unpaired) electrons. The summed E-state index contributed by atoms with van der Waals surface area (Å²) in [6.07, 6.45) is 4.57. The molecule has 1 aromatic rings. The van der Waals surface area contributed by atoms with Gasteiger partial charge in [-0.05, 0) is 37.2 Å². The van der Waals surface area contributed by atoms with E-state index in [0.717, 1.165) is 24.5 Å². The molecule has 116 valence electrons. The lowest BCUT2D eigenvalue weighted by Gasteiger charge is -2.30. The van der Waals surface area contributed by atoms with Gasteiger partial charge in [0.2, 0.25) is 5.91 Å². The fourth-order valence-corrected chi connectivity index (χ4v) is 4.10. The number of amides is 1. The Balaban J connectivity index is 0.00000161. The number of hydrogen-bond acceptors (Lipinski definition) is 3. The largest absolute Gasteiger partial charge is 0.352 e. The van der Waals surface area contributed by atoms with Crippen LogP contribution in [0.25, 0.3) is 0 Å². The second-order valence-electron chi connectivity index (χ2n) is 5.74. The van der Waals surface area contributed by atoms with Crippen molar-refractivity contribution in [2.24, 2.45) is 0 Å². The summed E-state index contributed by atoms with van der Waals surface area (Å²) in [6, 6.07) is 11.1. The molecule has 0 bridgehead atoms. The third-order valence-electron chi connectivity index (χ3n) is 4.38. The van der Waals surface area contributed by atoms with E-state index in [1.807, 2.05) is 0 Å². The molecule has 5 heteroatoms. The first-order valence-electron chi connectivity index (χ1n) is 7.49. The molecule has 3 nitrogen and oxygen atoms in total. The quantitative estimate of drug-likeness (QED) is 0.897. The molecule has 0 spiro atoms. The fraction of sp³-hybridized carbons (Fsp3) is 0.562. The van der Waals surface area contributed by atoms with Crippen molar-refractivity contribution in [3.63, 3.8) is 0 Å². The molecule has 1 heterocycles. The second-order valence-corrected chi connectivity index (χ2v) is 6.77. The summed E-state index contributed by atoms with van der Waals surface area (Å²) in [5.41, 5.74) is 1.45. The highest BCUT2D eigenvalue weighted by atomic mass is 35.5. The van der Waals surface area contributed by atoms with Crippen LogP contribution >= 0.6 is 24.2 Å². The van der Waals surface area contributed by atoms with Gasteiger partial charge in [0.15, 0.2) is 0 Å². The molecule has 1 saturated heterocycles. The third-order valence-corrected chi connectivity index (χ3v) is 5.32. The van der Waals surface area contributed by atoms with E-state index in [1.54, 1.807) is 11.8 Å². The van der Waals surface area contributed by atoms with E-state index < -0.39 is 0 Å². The number of thioether (sulfide) groups is 1. The molecular formula is C16H23ClN2OS. The van der Waals surface area contributed by atoms with E-state index in [-0.39, 0.29) is 24.4 Å². The van der Waals surface area contributed by atoms with Crippen molar-refractivity contribution in [1.29, 1.82) is 0 Å². The van der Waals surface area contributed by atoms with E-state index in [4.69, 9.17) is 0 Å². The standard InChI is InChI=1S/C16H22N2OS.ClH/c19-16(15-10-20-11-17-15)18-14-8-6-13(7-9-14)12-4-2-1-3-5-12;/h1-5,13-15,17H,6-11H2,(H,18,19);1H. The van der Waals surface area contributed by atoms with Crippen LogP contribution in [0.15, 0.2) is 30.3 Å². The van der Waals surface area contributed by atoms with Crippen LogP contribution in [0.2, 0.25) is 0 Å². The number of rotatable bonds is 3. The van der Waals surface area contributed by atoms with E-state index in [9.17, 15) is 4.79 Å². The van der Waals surface area contributed by atoms with E-state index in [1.165, 1.54) is 18.4 Å². The van der Waals surface area contributed by atoms with Gasteiger partial charge < -0.3 is 5.32 Å². The van der Waals surface area contributed by atoms with Crippen molar-refractivity contribution in [3.05, 3.63) is 35.9 Å². The maximum atomic E-state index is 12.1. The molecule has 1 aliphatic carbocycles. The summed E-state index contributed by atoms with van der Waals surface area (Å²) >= 11 is 1.80. The van der Waals surface area contributed by atoms with Crippen LogP contribution in [0.5, 0.6) is 0 Å². The first-order chi connectivity index (χ1) is 9.83. The minimum absolute atomic E-state index is 0. The summed E-state index contributed by atoms with van der Waals surface area (Å²) in [7, 11) is 0. The molecule has 1 amide bonds. The first-order valence-corrected chi connectivity index (χ1v) is 8.65. The maximum Gasteiger partial charge on any atom is 0.238 e. The highest BCUT2D eigenvalue weighted by molar-refractivity contribution is 7.99. The molecule has 1 atom stereocenters. The Kier molecular flexibility index (Phi) is 6.40. The zero-order valence-electron chi connectivity index (χ0n) is 12.1. The molecule has 2 aliphatic rings. The maximum absolute atomic E-state index is 12.1. The molecule has 21 heavy (non-hydrogen) atoms. The zero-order valence-corrected chi connectivity index (χ0v) is 13.7. The predicted molar refractivity (Wildman–Crippen MR) is 91.1 cm³/mol. The summed E-state index contributed by atoms with van der Waals surface area (Å²) in [5.74, 6) is 2.67. The fourth-order valence-electron chi connectivity index (χ4n) is 3.16. The summed E-state index contributed by atoms with van der Waals surface area (Å²) in [5, 5.41) is 6.45. The highest BCUT2D eigenvalue weighted by Gasteiger charge is 2.27. The summed E-state index contributed by atoms with van der Waals surface area (Å²) in [4.78, 5) is 12.1. The monoisotopic (exact) mass is 326 g/mol. The Bertz CT molecular complexity index is 443. The normalized spacial score (nSPS) is 28.7. The Morgan fingerprint density at radius 2 is 1.86 bits per heavy atom. The molecule has 1 aliphatic heterocycles. The van der Waals surface area contributed by atoms with Crippen LogP contribution in [-0.2, 0) is 4.79 Å². The number of carbonyl (C=O) groups excluding carboxylic acids is 1. The minimum atomic E-state index is 0. The zero-order chi connectivity index (χ0) is 13.8. The number of hydrogen-bond donors (Lipinski definition) is 2. The average molecular weight is 327 g/mol. The lowest BCUT2D eigenvalue weighted by molar-refractivity contribution is -0.123. The molecular weight excluding hydrogens is 304 g/mol. The lowest BCUT2D eigenvalue weighted by atomic mass is 9.82. The van der Waals surface area contributed by atoms with Gasteiger partial charge in [-0.3, -0.25) is 10.1 Å². The van der Waals surface area contributed by atoms with E-state index in [2.05, 4.69) is 41.0 Å². The van der Waals surface area contributed by atoms with Crippen molar-refractivity contribution in [1.82, 2.24) is 10.6 Å². The number of benzene rings is 1. The number of halogens is 1. The molecule has 2 fully saturated rings. The Labute approximate surface area is 137 Å². The number of carbonyl (C=O) groups is 1. The average Bonchev–Trinajstić information content (AvgIpc) is 3.03. The van der Waals surface area contributed by atoms with Gasteiger partial charge in [0.25, 0.3) is 0 Å². The summed E-state index contributed by atoms with van der Waals surface area (Å²) in [6.45, 7) is 0. The van der Waals surface area contributed by atoms with Crippen molar-refractivity contribution < 1.29 is 4.79 Å². The van der Waals surface area contributed by atoms with E-state index in [0.29, 0.717) is 12.0 Å². The van der Waals surface area contributed by atoms with E-state index >= 15 is 0 Å². The van der Waals surface area contributed by atoms with Crippen molar-refractivity contribution in [3.8, 4) is 0 Å². The van der Waals surface area contributed by atoms with Crippen molar-refractivity contribution in [2.45, 2.75) is 43.7 Å². The van der Waals surface area contributed by atoms with Crippen LogP contribution in [0.3, 0.4) is 0 Å². The molecule has 1 aromatic carbocycles. The van der Waals surface area contributed by atoms with Crippen LogP contribution in [0, 0.1) is 0 Å². The summed E-state index contributed by atoms with van der Waals surface area (Å²) < 4.78 is 0. The van der Waals surface area contributed by atoms with Gasteiger partial charge in [0.1, 0.15) is 0 Å². The van der Waals surface area contributed by atoms with Gasteiger partial charge in [-0.2, -0.15) is 0 Å². The van der Waals surface area contributed by atoms with Crippen LogP contribution < -0.4 is 10.6 Å². The van der Waals surface area contributed by atoms with Crippen LogP contribution in [-0.4, -0.2) is 29.6 Å². The third kappa shape index (κ3) is 4.38. The number of nitrogens with one attached hydrogen (secondary N) is 2. The SMILES string of the molecule is Cl.O=C(NC1CCC(c2ccccc2)CC1)C1CSCN1. The Morgan fingerprint density at radius 1 is 1.14 bits per heavy atom. The van der Waals surface area contributed by atoms with Gasteiger partial charge in [0.05, 0.1) is 6.04 Å². The smallest absolute Gasteiger partial charge is 0.238 e. The molecule has 0 aromatic heterocycles. The van der Waals surface area contributed by atoms with Gasteiger partial charge in [-0.25, -0.2) is 0 Å². The Hall–Kier alpha value is -0.710. The van der Waals surface area contributed by atoms with Gasteiger partial charge in [-0.15, -0.1) is 24.2 Å². The predicted octanol–water partition coefficient (Wildman–Crippen LogP) is 2.91. The van der Waals surface area contributed by atoms with Gasteiger partial charge in [0, 0.05) is 17.7 Å². The minimum Gasteiger partial charge on any atom is -0.352 e. The molecule has 2 N–H and O–H groups in total. The van der Waals surface area contributed by atoms with Gasteiger partial charge >= 0.3 is 0 Å². The lowest BCUT2D eigenvalue weighted by Crippen LogP contribution is -2.47. The van der Waals surface area contributed by atoms with Crippen molar-refractivity contribution in [2.75, 3.05) is 11.6 Å². The topological polar surface area (TPSA) is 41.1 Å².